The molecule has 0 fully saturated rings. The van der Waals surface area contributed by atoms with Crippen LogP contribution in [0.15, 0.2) is 16.8 Å². The SMILES string of the molecule is CCOC(=O)C1=C[C@@H](C)[C@H](C)[C@@H](N=[N+]=[N-])C1. The summed E-state index contributed by atoms with van der Waals surface area (Å²) in [6.45, 7) is 6.19. The van der Waals surface area contributed by atoms with Gasteiger partial charge in [0, 0.05) is 16.5 Å². The molecule has 1 aliphatic rings. The van der Waals surface area contributed by atoms with E-state index in [4.69, 9.17) is 10.3 Å². The van der Waals surface area contributed by atoms with Gasteiger partial charge in [-0.05, 0) is 30.7 Å². The van der Waals surface area contributed by atoms with Crippen LogP contribution < -0.4 is 0 Å². The summed E-state index contributed by atoms with van der Waals surface area (Å²) in [5.41, 5.74) is 9.10. The standard InChI is InChI=1S/C11H17N3O2/c1-4-16-11(15)9-5-7(2)8(3)10(6-9)13-14-12/h5,7-8,10H,4,6H2,1-3H3/t7-,8+,10+/m1/s1. The fourth-order valence-electron chi connectivity index (χ4n) is 1.89. The molecule has 0 amide bonds. The van der Waals surface area contributed by atoms with E-state index in [1.807, 2.05) is 19.9 Å². The smallest absolute Gasteiger partial charge is 0.333 e. The van der Waals surface area contributed by atoms with E-state index in [0.717, 1.165) is 0 Å². The molecule has 0 unspecified atom stereocenters. The normalized spacial score (nSPS) is 28.9. The van der Waals surface area contributed by atoms with Crippen LogP contribution in [-0.2, 0) is 9.53 Å². The maximum atomic E-state index is 11.6. The number of carbonyl (C=O) groups is 1. The van der Waals surface area contributed by atoms with Crippen molar-refractivity contribution in [2.24, 2.45) is 17.0 Å². The summed E-state index contributed by atoms with van der Waals surface area (Å²) in [5.74, 6) is 0.192. The Bertz CT molecular complexity index is 345. The number of allylic oxidation sites excluding steroid dienone is 1. The number of azide groups is 1. The highest BCUT2D eigenvalue weighted by Crippen LogP contribution is 2.31. The summed E-state index contributed by atoms with van der Waals surface area (Å²) >= 11 is 0. The second-order valence-corrected chi connectivity index (χ2v) is 4.11. The monoisotopic (exact) mass is 223 g/mol. The Balaban J connectivity index is 2.84. The molecule has 1 aliphatic carbocycles. The van der Waals surface area contributed by atoms with E-state index in [1.54, 1.807) is 6.92 Å². The second-order valence-electron chi connectivity index (χ2n) is 4.11. The zero-order valence-electron chi connectivity index (χ0n) is 9.88. The number of ether oxygens (including phenoxy) is 1. The summed E-state index contributed by atoms with van der Waals surface area (Å²) in [6.07, 6.45) is 2.40. The molecule has 0 saturated carbocycles. The van der Waals surface area contributed by atoms with Gasteiger partial charge in [-0.3, -0.25) is 0 Å². The first-order valence-corrected chi connectivity index (χ1v) is 5.52. The molecule has 0 heterocycles. The van der Waals surface area contributed by atoms with Crippen molar-refractivity contribution < 1.29 is 9.53 Å². The maximum absolute atomic E-state index is 11.6. The predicted molar refractivity (Wildman–Crippen MR) is 60.6 cm³/mol. The van der Waals surface area contributed by atoms with E-state index in [2.05, 4.69) is 10.0 Å². The lowest BCUT2D eigenvalue weighted by Gasteiger charge is -2.29. The van der Waals surface area contributed by atoms with Crippen molar-refractivity contribution in [3.63, 3.8) is 0 Å². The number of esters is 1. The summed E-state index contributed by atoms with van der Waals surface area (Å²) in [4.78, 5) is 14.4. The van der Waals surface area contributed by atoms with Crippen LogP contribution in [-0.4, -0.2) is 18.6 Å². The molecule has 3 atom stereocenters. The zero-order chi connectivity index (χ0) is 12.1. The van der Waals surface area contributed by atoms with E-state index in [0.29, 0.717) is 18.6 Å². The quantitative estimate of drug-likeness (QED) is 0.319. The molecule has 5 heteroatoms. The fraction of sp³-hybridized carbons (Fsp3) is 0.727. The summed E-state index contributed by atoms with van der Waals surface area (Å²) in [7, 11) is 0. The molecular weight excluding hydrogens is 206 g/mol. The van der Waals surface area contributed by atoms with Crippen LogP contribution in [0, 0.1) is 11.8 Å². The summed E-state index contributed by atoms with van der Waals surface area (Å²) < 4.78 is 4.95. The van der Waals surface area contributed by atoms with Gasteiger partial charge in [0.1, 0.15) is 0 Å². The molecule has 0 bridgehead atoms. The first-order chi connectivity index (χ1) is 7.60. The first-order valence-electron chi connectivity index (χ1n) is 5.52. The van der Waals surface area contributed by atoms with Crippen molar-refractivity contribution in [3.05, 3.63) is 22.1 Å². The highest BCUT2D eigenvalue weighted by Gasteiger charge is 2.29. The number of hydrogen-bond acceptors (Lipinski definition) is 3. The minimum absolute atomic E-state index is 0.149. The van der Waals surface area contributed by atoms with Crippen molar-refractivity contribution >= 4 is 5.97 Å². The van der Waals surface area contributed by atoms with Crippen molar-refractivity contribution in [2.45, 2.75) is 33.2 Å². The molecule has 16 heavy (non-hydrogen) atoms. The van der Waals surface area contributed by atoms with Crippen molar-refractivity contribution in [3.8, 4) is 0 Å². The van der Waals surface area contributed by atoms with Gasteiger partial charge in [-0.1, -0.05) is 25.0 Å². The van der Waals surface area contributed by atoms with Gasteiger partial charge in [-0.2, -0.15) is 0 Å². The molecule has 1 rings (SSSR count). The second kappa shape index (κ2) is 5.56. The Labute approximate surface area is 95.1 Å². The average Bonchev–Trinajstić information content (AvgIpc) is 2.25. The molecule has 0 aliphatic heterocycles. The molecule has 5 nitrogen and oxygen atoms in total. The number of carbonyl (C=O) groups excluding carboxylic acids is 1. The average molecular weight is 223 g/mol. The third kappa shape index (κ3) is 2.76. The largest absolute Gasteiger partial charge is 0.463 e. The van der Waals surface area contributed by atoms with Crippen LogP contribution >= 0.6 is 0 Å². The molecule has 0 spiro atoms. The Morgan fingerprint density at radius 3 is 2.94 bits per heavy atom. The van der Waals surface area contributed by atoms with E-state index < -0.39 is 0 Å². The molecule has 0 saturated heterocycles. The minimum Gasteiger partial charge on any atom is -0.463 e. The van der Waals surface area contributed by atoms with Gasteiger partial charge in [0.05, 0.1) is 6.61 Å². The lowest BCUT2D eigenvalue weighted by Crippen LogP contribution is -2.28. The van der Waals surface area contributed by atoms with E-state index in [9.17, 15) is 4.79 Å². The van der Waals surface area contributed by atoms with Crippen LogP contribution in [0.2, 0.25) is 0 Å². The Hall–Kier alpha value is -1.48. The summed E-state index contributed by atoms with van der Waals surface area (Å²) in [6, 6.07) is -0.149. The predicted octanol–water partition coefficient (Wildman–Crippen LogP) is 2.83. The van der Waals surface area contributed by atoms with E-state index in [-0.39, 0.29) is 23.8 Å². The van der Waals surface area contributed by atoms with Gasteiger partial charge in [-0.15, -0.1) is 0 Å². The highest BCUT2D eigenvalue weighted by molar-refractivity contribution is 5.88. The molecule has 0 N–H and O–H groups in total. The van der Waals surface area contributed by atoms with Crippen molar-refractivity contribution in [1.82, 2.24) is 0 Å². The Morgan fingerprint density at radius 2 is 2.38 bits per heavy atom. The first kappa shape index (κ1) is 12.6. The van der Waals surface area contributed by atoms with E-state index >= 15 is 0 Å². The molecule has 0 aromatic rings. The highest BCUT2D eigenvalue weighted by atomic mass is 16.5. The van der Waals surface area contributed by atoms with Crippen LogP contribution in [0.1, 0.15) is 27.2 Å². The van der Waals surface area contributed by atoms with Crippen LogP contribution in [0.5, 0.6) is 0 Å². The molecular formula is C11H17N3O2. The molecule has 0 radical (unpaired) electrons. The van der Waals surface area contributed by atoms with Gasteiger partial charge < -0.3 is 4.74 Å². The molecule has 88 valence electrons. The van der Waals surface area contributed by atoms with Crippen LogP contribution in [0.25, 0.3) is 10.4 Å². The van der Waals surface area contributed by atoms with E-state index in [1.165, 1.54) is 0 Å². The van der Waals surface area contributed by atoms with Gasteiger partial charge in [0.25, 0.3) is 0 Å². The Kier molecular flexibility index (Phi) is 4.38. The van der Waals surface area contributed by atoms with Gasteiger partial charge in [-0.25, -0.2) is 4.79 Å². The maximum Gasteiger partial charge on any atom is 0.333 e. The topological polar surface area (TPSA) is 75.1 Å². The van der Waals surface area contributed by atoms with Gasteiger partial charge in [0.15, 0.2) is 0 Å². The third-order valence-electron chi connectivity index (χ3n) is 3.07. The van der Waals surface area contributed by atoms with Crippen LogP contribution in [0.4, 0.5) is 0 Å². The molecule has 0 aromatic heterocycles. The zero-order valence-corrected chi connectivity index (χ0v) is 9.88. The number of nitrogens with zero attached hydrogens (tertiary/aromatic N) is 3. The summed E-state index contributed by atoms with van der Waals surface area (Å²) in [5, 5.41) is 3.74. The lowest BCUT2D eigenvalue weighted by atomic mass is 9.79. The minimum atomic E-state index is -0.292. The van der Waals surface area contributed by atoms with Gasteiger partial charge >= 0.3 is 5.97 Å². The third-order valence-corrected chi connectivity index (χ3v) is 3.07. The molecule has 0 aromatic carbocycles. The number of hydrogen-bond donors (Lipinski definition) is 0. The van der Waals surface area contributed by atoms with Gasteiger partial charge in [0.2, 0.25) is 0 Å². The fourth-order valence-corrected chi connectivity index (χ4v) is 1.89. The van der Waals surface area contributed by atoms with Crippen LogP contribution in [0.3, 0.4) is 0 Å². The van der Waals surface area contributed by atoms with Crippen molar-refractivity contribution in [1.29, 1.82) is 0 Å². The number of rotatable bonds is 3. The van der Waals surface area contributed by atoms with Crippen molar-refractivity contribution in [2.75, 3.05) is 6.61 Å². The Morgan fingerprint density at radius 1 is 1.69 bits per heavy atom. The lowest BCUT2D eigenvalue weighted by molar-refractivity contribution is -0.138.